The molecule has 1 amide bonds. The fourth-order valence-electron chi connectivity index (χ4n) is 3.10. The Morgan fingerprint density at radius 2 is 2.10 bits per heavy atom. The Hall–Kier alpha value is -3.75. The molecule has 4 aromatic rings. The third-order valence-corrected chi connectivity index (χ3v) is 4.86. The second-order valence-corrected chi connectivity index (χ2v) is 7.23. The van der Waals surface area contributed by atoms with Gasteiger partial charge in [0.1, 0.15) is 6.54 Å². The van der Waals surface area contributed by atoms with Crippen molar-refractivity contribution in [1.82, 2.24) is 29.6 Å². The van der Waals surface area contributed by atoms with Gasteiger partial charge in [-0.05, 0) is 38.5 Å². The van der Waals surface area contributed by atoms with Gasteiger partial charge in [-0.25, -0.2) is 13.9 Å². The molecule has 0 fully saturated rings. The van der Waals surface area contributed by atoms with E-state index in [2.05, 4.69) is 20.6 Å². The van der Waals surface area contributed by atoms with Crippen molar-refractivity contribution in [3.05, 3.63) is 58.6 Å². The lowest BCUT2D eigenvalue weighted by atomic mass is 10.1. The Balaban J connectivity index is 1.69. The fourth-order valence-corrected chi connectivity index (χ4v) is 3.10. The molecule has 0 bridgehead atoms. The van der Waals surface area contributed by atoms with Gasteiger partial charge >= 0.3 is 5.69 Å². The van der Waals surface area contributed by atoms with Crippen LogP contribution in [0, 0.1) is 6.92 Å². The minimum Gasteiger partial charge on any atom is -0.352 e. The first-order valence-corrected chi connectivity index (χ1v) is 9.75. The lowest BCUT2D eigenvalue weighted by Crippen LogP contribution is -2.37. The molecule has 4 rings (SSSR count). The maximum absolute atomic E-state index is 12.7. The van der Waals surface area contributed by atoms with Gasteiger partial charge in [0.15, 0.2) is 5.65 Å². The van der Waals surface area contributed by atoms with Gasteiger partial charge in [0.25, 0.3) is 5.89 Å². The van der Waals surface area contributed by atoms with Crippen molar-refractivity contribution in [1.29, 1.82) is 0 Å². The average Bonchev–Trinajstić information content (AvgIpc) is 3.33. The molecule has 1 unspecified atom stereocenters. The molecule has 1 aromatic carbocycles. The average molecular weight is 406 g/mol. The summed E-state index contributed by atoms with van der Waals surface area (Å²) in [6, 6.07) is 11.3. The van der Waals surface area contributed by atoms with Crippen LogP contribution in [0.3, 0.4) is 0 Å². The molecule has 3 aromatic heterocycles. The van der Waals surface area contributed by atoms with Crippen LogP contribution in [-0.2, 0) is 11.3 Å². The first-order valence-electron chi connectivity index (χ1n) is 9.75. The van der Waals surface area contributed by atoms with Crippen LogP contribution < -0.4 is 11.0 Å². The zero-order valence-corrected chi connectivity index (χ0v) is 17.0. The Morgan fingerprint density at radius 1 is 1.27 bits per heavy atom. The summed E-state index contributed by atoms with van der Waals surface area (Å²) >= 11 is 0. The smallest absolute Gasteiger partial charge is 0.350 e. The lowest BCUT2D eigenvalue weighted by Gasteiger charge is -2.10. The monoisotopic (exact) mass is 406 g/mol. The molecule has 0 spiro atoms. The molecule has 0 radical (unpaired) electrons. The first-order chi connectivity index (χ1) is 14.5. The Morgan fingerprint density at radius 3 is 2.87 bits per heavy atom. The van der Waals surface area contributed by atoms with E-state index >= 15 is 0 Å². The summed E-state index contributed by atoms with van der Waals surface area (Å²) in [5.41, 5.74) is 2.37. The molecule has 0 saturated carbocycles. The highest BCUT2D eigenvalue weighted by molar-refractivity contribution is 5.76. The van der Waals surface area contributed by atoms with Crippen LogP contribution in [0.4, 0.5) is 0 Å². The first kappa shape index (κ1) is 19.6. The lowest BCUT2D eigenvalue weighted by molar-refractivity contribution is -0.122. The molecule has 0 aliphatic carbocycles. The number of rotatable bonds is 6. The summed E-state index contributed by atoms with van der Waals surface area (Å²) in [7, 11) is 0. The molecule has 0 saturated heterocycles. The molecule has 30 heavy (non-hydrogen) atoms. The van der Waals surface area contributed by atoms with Crippen molar-refractivity contribution in [2.24, 2.45) is 0 Å². The van der Waals surface area contributed by atoms with Crippen LogP contribution in [0.15, 0.2) is 51.9 Å². The van der Waals surface area contributed by atoms with Crippen LogP contribution in [0.2, 0.25) is 0 Å². The number of aromatic nitrogens is 5. The second-order valence-electron chi connectivity index (χ2n) is 7.23. The van der Waals surface area contributed by atoms with Crippen LogP contribution in [0.1, 0.15) is 25.8 Å². The number of pyridine rings is 1. The highest BCUT2D eigenvalue weighted by Crippen LogP contribution is 2.24. The van der Waals surface area contributed by atoms with E-state index < -0.39 is 5.69 Å². The number of fused-ring (bicyclic) bond motifs is 1. The number of aryl methyl sites for hydroxylation is 1. The minimum absolute atomic E-state index is 0.0271. The molecule has 1 N–H and O–H groups in total. The maximum Gasteiger partial charge on any atom is 0.350 e. The van der Waals surface area contributed by atoms with Crippen molar-refractivity contribution in [2.45, 2.75) is 39.8 Å². The summed E-state index contributed by atoms with van der Waals surface area (Å²) < 4.78 is 7.94. The fraction of sp³-hybridized carbons (Fsp3) is 0.286. The van der Waals surface area contributed by atoms with E-state index in [0.717, 1.165) is 22.2 Å². The molecule has 9 heteroatoms. The second kappa shape index (κ2) is 7.94. The standard InChI is InChI=1S/C21H22N6O3/c1-4-14(3)22-17(28)12-27-21(29)26-10-6-9-16(19(26)24-27)20-23-18(25-30-20)15-8-5-7-13(2)11-15/h5-11,14H,4,12H2,1-3H3,(H,22,28). The zero-order chi connectivity index (χ0) is 21.3. The zero-order valence-electron chi connectivity index (χ0n) is 17.0. The number of hydrogen-bond donors (Lipinski definition) is 1. The van der Waals surface area contributed by atoms with E-state index in [0.29, 0.717) is 17.0 Å². The summed E-state index contributed by atoms with van der Waals surface area (Å²) in [5, 5.41) is 11.2. The molecule has 0 aliphatic rings. The predicted octanol–water partition coefficient (Wildman–Crippen LogP) is 2.44. The van der Waals surface area contributed by atoms with Crippen molar-refractivity contribution in [3.63, 3.8) is 0 Å². The van der Waals surface area contributed by atoms with Crippen molar-refractivity contribution in [2.75, 3.05) is 0 Å². The van der Waals surface area contributed by atoms with Gasteiger partial charge in [0, 0.05) is 17.8 Å². The quantitative estimate of drug-likeness (QED) is 0.527. The van der Waals surface area contributed by atoms with Gasteiger partial charge in [-0.2, -0.15) is 4.98 Å². The Kier molecular flexibility index (Phi) is 5.18. The summed E-state index contributed by atoms with van der Waals surface area (Å²) in [6.07, 6.45) is 2.39. The van der Waals surface area contributed by atoms with Crippen LogP contribution >= 0.6 is 0 Å². The van der Waals surface area contributed by atoms with Crippen molar-refractivity contribution < 1.29 is 9.32 Å². The molecule has 9 nitrogen and oxygen atoms in total. The van der Waals surface area contributed by atoms with E-state index in [4.69, 9.17) is 4.52 Å². The van der Waals surface area contributed by atoms with Crippen molar-refractivity contribution in [3.8, 4) is 22.8 Å². The predicted molar refractivity (Wildman–Crippen MR) is 111 cm³/mol. The topological polar surface area (TPSA) is 107 Å². The van der Waals surface area contributed by atoms with Gasteiger partial charge in [0.2, 0.25) is 11.7 Å². The number of hydrogen-bond acceptors (Lipinski definition) is 6. The van der Waals surface area contributed by atoms with Crippen LogP contribution in [0.5, 0.6) is 0 Å². The van der Waals surface area contributed by atoms with E-state index in [1.54, 1.807) is 18.3 Å². The summed E-state index contributed by atoms with van der Waals surface area (Å²) in [6.45, 7) is 5.71. The number of carbonyl (C=O) groups is 1. The van der Waals surface area contributed by atoms with Gasteiger partial charge in [-0.3, -0.25) is 4.79 Å². The molecule has 0 aliphatic heterocycles. The van der Waals surface area contributed by atoms with Gasteiger partial charge in [0.05, 0.1) is 5.56 Å². The van der Waals surface area contributed by atoms with E-state index in [1.807, 2.05) is 45.0 Å². The molecule has 154 valence electrons. The normalized spacial score (nSPS) is 12.2. The van der Waals surface area contributed by atoms with Gasteiger partial charge < -0.3 is 9.84 Å². The third kappa shape index (κ3) is 3.73. The van der Waals surface area contributed by atoms with Crippen LogP contribution in [0.25, 0.3) is 28.5 Å². The van der Waals surface area contributed by atoms with E-state index in [1.165, 1.54) is 4.40 Å². The Labute approximate surface area is 172 Å². The molecular weight excluding hydrogens is 384 g/mol. The molecule has 1 atom stereocenters. The largest absolute Gasteiger partial charge is 0.352 e. The number of benzene rings is 1. The third-order valence-electron chi connectivity index (χ3n) is 4.86. The summed E-state index contributed by atoms with van der Waals surface area (Å²) in [4.78, 5) is 29.3. The van der Waals surface area contributed by atoms with Gasteiger partial charge in [-0.1, -0.05) is 35.8 Å². The summed E-state index contributed by atoms with van der Waals surface area (Å²) in [5.74, 6) is 0.430. The minimum atomic E-state index is -0.412. The highest BCUT2D eigenvalue weighted by atomic mass is 16.5. The van der Waals surface area contributed by atoms with Crippen molar-refractivity contribution >= 4 is 11.6 Å². The molecule has 3 heterocycles. The maximum atomic E-state index is 12.7. The number of nitrogens with zero attached hydrogens (tertiary/aromatic N) is 5. The number of amides is 1. The van der Waals surface area contributed by atoms with Crippen LogP contribution in [-0.4, -0.2) is 36.3 Å². The highest BCUT2D eigenvalue weighted by Gasteiger charge is 2.19. The van der Waals surface area contributed by atoms with E-state index in [-0.39, 0.29) is 24.4 Å². The van der Waals surface area contributed by atoms with E-state index in [9.17, 15) is 9.59 Å². The number of nitrogens with one attached hydrogen (secondary N) is 1. The SMILES string of the molecule is CCC(C)NC(=O)Cn1nc2c(-c3nc(-c4cccc(C)c4)no3)cccn2c1=O. The number of carbonyl (C=O) groups excluding carboxylic acids is 1. The molecular formula is C21H22N6O3. The Bertz CT molecular complexity index is 1270. The van der Waals surface area contributed by atoms with Gasteiger partial charge in [-0.15, -0.1) is 5.10 Å².